The number of carbonyl (C=O) groups excluding carboxylic acids is 1. The number of benzene rings is 2. The molecule has 1 amide bonds. The highest BCUT2D eigenvalue weighted by Crippen LogP contribution is 2.35. The normalized spacial score (nSPS) is 10.4. The van der Waals surface area contributed by atoms with Crippen LogP contribution in [0.15, 0.2) is 53.9 Å². The molecule has 0 bridgehead atoms. The van der Waals surface area contributed by atoms with Crippen LogP contribution >= 0.6 is 11.3 Å². The molecule has 0 radical (unpaired) electrons. The van der Waals surface area contributed by atoms with Gasteiger partial charge in [0.1, 0.15) is 16.3 Å². The summed E-state index contributed by atoms with van der Waals surface area (Å²) in [7, 11) is 0. The first-order chi connectivity index (χ1) is 13.0. The molecule has 0 unspecified atom stereocenters. The summed E-state index contributed by atoms with van der Waals surface area (Å²) in [6.07, 6.45) is 0. The van der Waals surface area contributed by atoms with Gasteiger partial charge >= 0.3 is 5.97 Å². The highest BCUT2D eigenvalue weighted by molar-refractivity contribution is 7.15. The standard InChI is InChI=1S/C21H19NO4S/c1-13-8-9-14(2)17(10-13)26-11-18(23)22-20-19(21(24)25)16(12-27-20)15-6-4-3-5-7-15/h3-10,12H,11H2,1-2H3,(H,22,23)(H,24,25). The number of amides is 1. The Morgan fingerprint density at radius 1 is 1.11 bits per heavy atom. The Labute approximate surface area is 161 Å². The molecule has 0 aliphatic carbocycles. The molecule has 0 aliphatic rings. The molecular weight excluding hydrogens is 362 g/mol. The molecule has 138 valence electrons. The number of ether oxygens (including phenoxy) is 1. The van der Waals surface area contributed by atoms with E-state index in [9.17, 15) is 14.7 Å². The van der Waals surface area contributed by atoms with Crippen molar-refractivity contribution in [2.75, 3.05) is 11.9 Å². The lowest BCUT2D eigenvalue weighted by Gasteiger charge is -2.10. The van der Waals surface area contributed by atoms with E-state index in [1.54, 1.807) is 5.38 Å². The van der Waals surface area contributed by atoms with Crippen LogP contribution in [0.3, 0.4) is 0 Å². The Morgan fingerprint density at radius 2 is 1.85 bits per heavy atom. The number of anilines is 1. The summed E-state index contributed by atoms with van der Waals surface area (Å²) >= 11 is 1.19. The Bertz CT molecular complexity index is 979. The van der Waals surface area contributed by atoms with E-state index in [2.05, 4.69) is 5.32 Å². The fourth-order valence-corrected chi connectivity index (χ4v) is 3.64. The second kappa shape index (κ2) is 8.05. The molecule has 0 atom stereocenters. The average molecular weight is 381 g/mol. The van der Waals surface area contributed by atoms with Crippen LogP contribution in [0.25, 0.3) is 11.1 Å². The number of carboxylic acid groups (broad SMARTS) is 1. The van der Waals surface area contributed by atoms with Gasteiger partial charge in [-0.1, -0.05) is 42.5 Å². The molecule has 0 saturated carbocycles. The van der Waals surface area contributed by atoms with Crippen molar-refractivity contribution in [1.29, 1.82) is 0 Å². The van der Waals surface area contributed by atoms with Crippen LogP contribution in [0.1, 0.15) is 21.5 Å². The van der Waals surface area contributed by atoms with Crippen LogP contribution in [0.5, 0.6) is 5.75 Å². The number of hydrogen-bond acceptors (Lipinski definition) is 4. The zero-order chi connectivity index (χ0) is 19.4. The first kappa shape index (κ1) is 18.7. The van der Waals surface area contributed by atoms with Gasteiger partial charge in [0, 0.05) is 10.9 Å². The maximum absolute atomic E-state index is 12.3. The molecule has 1 aromatic heterocycles. The Kier molecular flexibility index (Phi) is 5.57. The third-order valence-electron chi connectivity index (χ3n) is 4.05. The lowest BCUT2D eigenvalue weighted by molar-refractivity contribution is -0.118. The van der Waals surface area contributed by atoms with E-state index >= 15 is 0 Å². The minimum atomic E-state index is -1.08. The summed E-state index contributed by atoms with van der Waals surface area (Å²) in [5, 5.41) is 14.3. The lowest BCUT2D eigenvalue weighted by Crippen LogP contribution is -2.21. The van der Waals surface area contributed by atoms with Crippen LogP contribution in [0.2, 0.25) is 0 Å². The van der Waals surface area contributed by atoms with Crippen LogP contribution < -0.4 is 10.1 Å². The average Bonchev–Trinajstić information content (AvgIpc) is 3.07. The van der Waals surface area contributed by atoms with E-state index in [0.29, 0.717) is 16.3 Å². The van der Waals surface area contributed by atoms with E-state index in [1.807, 2.05) is 62.4 Å². The minimum Gasteiger partial charge on any atom is -0.483 e. The van der Waals surface area contributed by atoms with E-state index in [1.165, 1.54) is 11.3 Å². The van der Waals surface area contributed by atoms with Gasteiger partial charge in [-0.25, -0.2) is 4.79 Å². The first-order valence-corrected chi connectivity index (χ1v) is 9.24. The molecule has 6 heteroatoms. The van der Waals surface area contributed by atoms with Crippen molar-refractivity contribution in [3.8, 4) is 16.9 Å². The molecule has 1 heterocycles. The maximum atomic E-state index is 12.3. The number of carboxylic acids is 1. The van der Waals surface area contributed by atoms with Gasteiger partial charge in [-0.2, -0.15) is 0 Å². The Hall–Kier alpha value is -3.12. The summed E-state index contributed by atoms with van der Waals surface area (Å²) in [5.41, 5.74) is 3.43. The summed E-state index contributed by atoms with van der Waals surface area (Å²) in [6, 6.07) is 15.0. The fraction of sp³-hybridized carbons (Fsp3) is 0.143. The van der Waals surface area contributed by atoms with Gasteiger partial charge in [-0.3, -0.25) is 4.79 Å². The van der Waals surface area contributed by atoms with Crippen molar-refractivity contribution >= 4 is 28.2 Å². The summed E-state index contributed by atoms with van der Waals surface area (Å²) < 4.78 is 5.59. The van der Waals surface area contributed by atoms with Crippen molar-refractivity contribution in [1.82, 2.24) is 0 Å². The Balaban J connectivity index is 1.75. The van der Waals surface area contributed by atoms with Crippen molar-refractivity contribution in [2.45, 2.75) is 13.8 Å². The monoisotopic (exact) mass is 381 g/mol. The number of aromatic carboxylic acids is 1. The predicted octanol–water partition coefficient (Wildman–Crippen LogP) is 4.75. The molecule has 5 nitrogen and oxygen atoms in total. The number of thiophene rings is 1. The highest BCUT2D eigenvalue weighted by atomic mass is 32.1. The van der Waals surface area contributed by atoms with Crippen LogP contribution in [-0.2, 0) is 4.79 Å². The number of aryl methyl sites for hydroxylation is 2. The van der Waals surface area contributed by atoms with Crippen molar-refractivity contribution in [3.05, 3.63) is 70.6 Å². The van der Waals surface area contributed by atoms with Crippen molar-refractivity contribution in [3.63, 3.8) is 0 Å². The van der Waals surface area contributed by atoms with Gasteiger partial charge in [0.15, 0.2) is 6.61 Å². The topological polar surface area (TPSA) is 75.6 Å². The van der Waals surface area contributed by atoms with E-state index < -0.39 is 11.9 Å². The molecule has 2 aromatic carbocycles. The largest absolute Gasteiger partial charge is 0.483 e. The van der Waals surface area contributed by atoms with E-state index in [0.717, 1.165) is 16.7 Å². The molecule has 0 fully saturated rings. The molecule has 0 aliphatic heterocycles. The molecular formula is C21H19NO4S. The number of hydrogen-bond donors (Lipinski definition) is 2. The van der Waals surface area contributed by atoms with Gasteiger partial charge in [-0.05, 0) is 36.6 Å². The second-order valence-electron chi connectivity index (χ2n) is 6.13. The van der Waals surface area contributed by atoms with Gasteiger partial charge in [0.05, 0.1) is 0 Å². The van der Waals surface area contributed by atoms with E-state index in [4.69, 9.17) is 4.74 Å². The van der Waals surface area contributed by atoms with Crippen molar-refractivity contribution in [2.24, 2.45) is 0 Å². The predicted molar refractivity (Wildman–Crippen MR) is 107 cm³/mol. The number of rotatable bonds is 6. The van der Waals surface area contributed by atoms with Gasteiger partial charge < -0.3 is 15.2 Å². The second-order valence-corrected chi connectivity index (χ2v) is 7.01. The maximum Gasteiger partial charge on any atom is 0.339 e. The van der Waals surface area contributed by atoms with Gasteiger partial charge in [0.2, 0.25) is 0 Å². The number of nitrogens with one attached hydrogen (secondary N) is 1. The summed E-state index contributed by atoms with van der Waals surface area (Å²) in [6.45, 7) is 3.66. The van der Waals surface area contributed by atoms with Crippen LogP contribution in [0, 0.1) is 13.8 Å². The summed E-state index contributed by atoms with van der Waals surface area (Å²) in [4.78, 5) is 24.0. The smallest absolute Gasteiger partial charge is 0.339 e. The lowest BCUT2D eigenvalue weighted by atomic mass is 10.0. The minimum absolute atomic E-state index is 0.0892. The zero-order valence-electron chi connectivity index (χ0n) is 15.0. The summed E-state index contributed by atoms with van der Waals surface area (Å²) in [5.74, 6) is -0.847. The molecule has 3 aromatic rings. The third-order valence-corrected chi connectivity index (χ3v) is 4.94. The zero-order valence-corrected chi connectivity index (χ0v) is 15.8. The molecule has 2 N–H and O–H groups in total. The van der Waals surface area contributed by atoms with E-state index in [-0.39, 0.29) is 12.2 Å². The molecule has 27 heavy (non-hydrogen) atoms. The molecule has 3 rings (SSSR count). The SMILES string of the molecule is Cc1ccc(C)c(OCC(=O)Nc2scc(-c3ccccc3)c2C(=O)O)c1. The van der Waals surface area contributed by atoms with Gasteiger partial charge in [0.25, 0.3) is 5.91 Å². The van der Waals surface area contributed by atoms with Crippen LogP contribution in [-0.4, -0.2) is 23.6 Å². The number of carbonyl (C=O) groups is 2. The quantitative estimate of drug-likeness (QED) is 0.646. The van der Waals surface area contributed by atoms with Gasteiger partial charge in [-0.15, -0.1) is 11.3 Å². The first-order valence-electron chi connectivity index (χ1n) is 8.36. The van der Waals surface area contributed by atoms with Crippen LogP contribution in [0.4, 0.5) is 5.00 Å². The molecule has 0 spiro atoms. The Morgan fingerprint density at radius 3 is 2.56 bits per heavy atom. The fourth-order valence-electron chi connectivity index (χ4n) is 2.66. The highest BCUT2D eigenvalue weighted by Gasteiger charge is 2.21. The van der Waals surface area contributed by atoms with Crippen molar-refractivity contribution < 1.29 is 19.4 Å². The third kappa shape index (κ3) is 4.35. The molecule has 0 saturated heterocycles.